The number of rotatable bonds is 4. The van der Waals surface area contributed by atoms with Crippen LogP contribution >= 0.6 is 0 Å². The van der Waals surface area contributed by atoms with Crippen molar-refractivity contribution in [1.82, 2.24) is 0 Å². The lowest BCUT2D eigenvalue weighted by molar-refractivity contribution is -0.141. The molecule has 3 aliphatic rings. The van der Waals surface area contributed by atoms with Gasteiger partial charge in [0.2, 0.25) is 0 Å². The fraction of sp³-hybridized carbons (Fsp3) is 0.682. The fourth-order valence-corrected chi connectivity index (χ4v) is 5.38. The molecule has 0 saturated heterocycles. The number of Topliss-reactive ketones (excluding diaryl/α,β-unsaturated/α-hetero) is 1. The van der Waals surface area contributed by atoms with E-state index in [1.165, 1.54) is 18.1 Å². The van der Waals surface area contributed by atoms with E-state index in [-0.39, 0.29) is 35.4 Å². The molecule has 0 amide bonds. The first-order valence-electron chi connectivity index (χ1n) is 9.75. The zero-order valence-corrected chi connectivity index (χ0v) is 16.4. The summed E-state index contributed by atoms with van der Waals surface area (Å²) in [4.78, 5) is 35.6. The maximum absolute atomic E-state index is 13.0. The molecule has 0 aromatic carbocycles. The molecule has 0 heterocycles. The number of hydrogen-bond donors (Lipinski definition) is 0. The number of aldehydes is 1. The Labute approximate surface area is 156 Å². The van der Waals surface area contributed by atoms with Gasteiger partial charge < -0.3 is 4.74 Å². The van der Waals surface area contributed by atoms with Gasteiger partial charge in [0.1, 0.15) is 12.1 Å². The van der Waals surface area contributed by atoms with Gasteiger partial charge in [-0.15, -0.1) is 0 Å². The van der Waals surface area contributed by atoms with Gasteiger partial charge in [-0.05, 0) is 49.0 Å². The van der Waals surface area contributed by atoms with Crippen LogP contribution in [0.5, 0.6) is 0 Å². The predicted octanol–water partition coefficient (Wildman–Crippen LogP) is 4.19. The van der Waals surface area contributed by atoms with E-state index in [4.69, 9.17) is 4.74 Å². The molecule has 0 aromatic heterocycles. The molecule has 4 atom stereocenters. The van der Waals surface area contributed by atoms with Crippen LogP contribution in [-0.4, -0.2) is 24.6 Å². The molecule has 3 aliphatic carbocycles. The van der Waals surface area contributed by atoms with E-state index < -0.39 is 5.41 Å². The average Bonchev–Trinajstić information content (AvgIpc) is 2.89. The maximum Gasteiger partial charge on any atom is 0.302 e. The number of ether oxygens (including phenoxy) is 1. The summed E-state index contributed by atoms with van der Waals surface area (Å²) in [5, 5.41) is 0. The zero-order chi connectivity index (χ0) is 19.1. The zero-order valence-electron chi connectivity index (χ0n) is 16.4. The van der Waals surface area contributed by atoms with Crippen molar-refractivity contribution in [2.75, 3.05) is 6.61 Å². The van der Waals surface area contributed by atoms with E-state index >= 15 is 0 Å². The number of carbonyl (C=O) groups excluding carboxylic acids is 3. The lowest BCUT2D eigenvalue weighted by Gasteiger charge is -2.48. The van der Waals surface area contributed by atoms with Gasteiger partial charge in [0.05, 0.1) is 6.61 Å². The van der Waals surface area contributed by atoms with Crippen LogP contribution in [0.25, 0.3) is 0 Å². The van der Waals surface area contributed by atoms with Crippen LogP contribution in [0.15, 0.2) is 22.8 Å². The standard InChI is InChI=1S/C22H30O4/c1-14(13-26-15(2)24)17-7-8-21(3)9-10-22(4)18(20(17)21)6-5-16(12-23)11-19(22)25/h5,12,14,18H,6-11,13H2,1-4H3/t14-,18-,21-,22-/m1/s1. The molecule has 0 spiro atoms. The first-order chi connectivity index (χ1) is 12.2. The summed E-state index contributed by atoms with van der Waals surface area (Å²) in [5.41, 5.74) is 3.15. The predicted molar refractivity (Wildman–Crippen MR) is 99.4 cm³/mol. The molecule has 3 rings (SSSR count). The second-order valence-corrected chi connectivity index (χ2v) is 8.91. The molecule has 0 aliphatic heterocycles. The Hall–Kier alpha value is -1.71. The Morgan fingerprint density at radius 2 is 2.08 bits per heavy atom. The highest BCUT2D eigenvalue weighted by Gasteiger charge is 2.54. The fourth-order valence-electron chi connectivity index (χ4n) is 5.38. The number of ketones is 1. The monoisotopic (exact) mass is 358 g/mol. The van der Waals surface area contributed by atoms with Gasteiger partial charge in [-0.25, -0.2) is 0 Å². The minimum atomic E-state index is -0.396. The molecule has 1 fully saturated rings. The van der Waals surface area contributed by atoms with E-state index in [0.717, 1.165) is 38.4 Å². The molecule has 0 aromatic rings. The van der Waals surface area contributed by atoms with E-state index in [1.807, 2.05) is 6.08 Å². The van der Waals surface area contributed by atoms with Crippen molar-refractivity contribution in [2.45, 2.75) is 66.2 Å². The topological polar surface area (TPSA) is 60.4 Å². The van der Waals surface area contributed by atoms with Crippen LogP contribution in [0, 0.1) is 22.7 Å². The van der Waals surface area contributed by atoms with Gasteiger partial charge in [0.25, 0.3) is 0 Å². The first kappa shape index (κ1) is 19.1. The highest BCUT2D eigenvalue weighted by Crippen LogP contribution is 2.62. The van der Waals surface area contributed by atoms with Gasteiger partial charge in [-0.2, -0.15) is 0 Å². The van der Waals surface area contributed by atoms with E-state index in [9.17, 15) is 14.4 Å². The summed E-state index contributed by atoms with van der Waals surface area (Å²) in [5.74, 6) is 0.279. The molecule has 0 N–H and O–H groups in total. The molecular formula is C22H30O4. The molecule has 142 valence electrons. The van der Waals surface area contributed by atoms with Crippen molar-refractivity contribution in [3.8, 4) is 0 Å². The van der Waals surface area contributed by atoms with Crippen LogP contribution in [-0.2, 0) is 19.1 Å². The summed E-state index contributed by atoms with van der Waals surface area (Å²) in [6.07, 6.45) is 7.86. The van der Waals surface area contributed by atoms with Crippen molar-refractivity contribution in [3.63, 3.8) is 0 Å². The summed E-state index contributed by atoms with van der Waals surface area (Å²) in [6.45, 7) is 8.38. The summed E-state index contributed by atoms with van der Waals surface area (Å²) < 4.78 is 5.27. The van der Waals surface area contributed by atoms with Crippen molar-refractivity contribution >= 4 is 18.0 Å². The van der Waals surface area contributed by atoms with Crippen LogP contribution < -0.4 is 0 Å². The molecule has 0 unspecified atom stereocenters. The lowest BCUT2D eigenvalue weighted by Crippen LogP contribution is -2.44. The Bertz CT molecular complexity index is 701. The Balaban J connectivity index is 2.03. The quantitative estimate of drug-likeness (QED) is 0.429. The van der Waals surface area contributed by atoms with E-state index in [0.29, 0.717) is 12.2 Å². The van der Waals surface area contributed by atoms with Gasteiger partial charge in [-0.1, -0.05) is 38.0 Å². The highest BCUT2D eigenvalue weighted by atomic mass is 16.5. The average molecular weight is 358 g/mol. The minimum absolute atomic E-state index is 0.129. The number of hydrogen-bond acceptors (Lipinski definition) is 4. The maximum atomic E-state index is 13.0. The Morgan fingerprint density at radius 1 is 1.35 bits per heavy atom. The third-order valence-electron chi connectivity index (χ3n) is 7.16. The third-order valence-corrected chi connectivity index (χ3v) is 7.16. The first-order valence-corrected chi connectivity index (χ1v) is 9.75. The number of fused-ring (bicyclic) bond motifs is 3. The van der Waals surface area contributed by atoms with Crippen LogP contribution in [0.2, 0.25) is 0 Å². The molecule has 4 nitrogen and oxygen atoms in total. The minimum Gasteiger partial charge on any atom is -0.465 e. The summed E-state index contributed by atoms with van der Waals surface area (Å²) in [7, 11) is 0. The van der Waals surface area contributed by atoms with Crippen molar-refractivity contribution in [2.24, 2.45) is 22.7 Å². The summed E-state index contributed by atoms with van der Waals surface area (Å²) in [6, 6.07) is 0. The van der Waals surface area contributed by atoms with Crippen LogP contribution in [0.4, 0.5) is 0 Å². The SMILES string of the molecule is CC(=O)OC[C@@H](C)C1=C2[C@H]3CC=C(C=O)CC(=O)[C@]3(C)CC[C@@]2(C)CC1. The van der Waals surface area contributed by atoms with Crippen LogP contribution in [0.3, 0.4) is 0 Å². The molecule has 0 bridgehead atoms. The van der Waals surface area contributed by atoms with E-state index in [2.05, 4.69) is 20.8 Å². The van der Waals surface area contributed by atoms with Gasteiger partial charge in [0, 0.05) is 24.7 Å². The molecule has 26 heavy (non-hydrogen) atoms. The van der Waals surface area contributed by atoms with Crippen molar-refractivity contribution in [3.05, 3.63) is 22.8 Å². The molecule has 0 radical (unpaired) electrons. The van der Waals surface area contributed by atoms with Crippen LogP contribution in [0.1, 0.15) is 66.2 Å². The largest absolute Gasteiger partial charge is 0.465 e. The second-order valence-electron chi connectivity index (χ2n) is 8.91. The number of allylic oxidation sites excluding steroid dienone is 3. The van der Waals surface area contributed by atoms with Gasteiger partial charge >= 0.3 is 5.97 Å². The molecule has 1 saturated carbocycles. The third kappa shape index (κ3) is 3.08. The Kier molecular flexibility index (Phi) is 4.98. The smallest absolute Gasteiger partial charge is 0.302 e. The summed E-state index contributed by atoms with van der Waals surface area (Å²) >= 11 is 0. The molecular weight excluding hydrogens is 328 g/mol. The van der Waals surface area contributed by atoms with E-state index in [1.54, 1.807) is 0 Å². The number of carbonyl (C=O) groups is 3. The highest BCUT2D eigenvalue weighted by molar-refractivity contribution is 5.93. The van der Waals surface area contributed by atoms with Crippen molar-refractivity contribution < 1.29 is 19.1 Å². The van der Waals surface area contributed by atoms with Gasteiger partial charge in [0.15, 0.2) is 0 Å². The van der Waals surface area contributed by atoms with Crippen molar-refractivity contribution in [1.29, 1.82) is 0 Å². The number of esters is 1. The normalized spacial score (nSPS) is 35.2. The van der Waals surface area contributed by atoms with Gasteiger partial charge in [-0.3, -0.25) is 14.4 Å². The Morgan fingerprint density at radius 3 is 2.73 bits per heavy atom. The lowest BCUT2D eigenvalue weighted by atomic mass is 9.54. The molecule has 4 heteroatoms. The second kappa shape index (κ2) is 6.79.